The summed E-state index contributed by atoms with van der Waals surface area (Å²) in [4.78, 5) is 48.3. The number of aryl methyl sites for hydroxylation is 1. The lowest BCUT2D eigenvalue weighted by atomic mass is 10.1. The topological polar surface area (TPSA) is 126 Å². The summed E-state index contributed by atoms with van der Waals surface area (Å²) >= 11 is 0. The Morgan fingerprint density at radius 2 is 2.10 bits per heavy atom. The highest BCUT2D eigenvalue weighted by molar-refractivity contribution is 5.96. The van der Waals surface area contributed by atoms with E-state index in [-0.39, 0.29) is 18.4 Å². The molecule has 0 aliphatic heterocycles. The Morgan fingerprint density at radius 3 is 2.62 bits per heavy atom. The molecule has 1 aromatic rings. The number of carboxylic acids is 1. The van der Waals surface area contributed by atoms with Gasteiger partial charge in [0.15, 0.2) is 5.43 Å². The van der Waals surface area contributed by atoms with Crippen LogP contribution in [0.15, 0.2) is 17.1 Å². The molecule has 21 heavy (non-hydrogen) atoms. The second-order valence-electron chi connectivity index (χ2n) is 4.37. The Morgan fingerprint density at radius 1 is 1.43 bits per heavy atom. The number of aromatic nitrogens is 1. The standard InChI is InChI=1S/C13H16N2O6/c1-7-5-10(16)8(6-14-7)12(18)15-9(13(19)20)3-4-11(17)21-2/h5-6,9H,3-4H2,1-2H3,(H,14,16)(H,15,18)(H,19,20). The second-order valence-corrected chi connectivity index (χ2v) is 4.37. The molecular formula is C13H16N2O6. The molecule has 0 aliphatic rings. The van der Waals surface area contributed by atoms with Gasteiger partial charge in [-0.2, -0.15) is 0 Å². The van der Waals surface area contributed by atoms with Gasteiger partial charge in [0, 0.05) is 24.4 Å². The number of amides is 1. The number of carboxylic acid groups (broad SMARTS) is 1. The SMILES string of the molecule is COC(=O)CCC(NC(=O)c1c[nH]c(C)cc1=O)C(=O)O. The Kier molecular flexibility index (Phi) is 5.65. The number of esters is 1. The van der Waals surface area contributed by atoms with E-state index in [2.05, 4.69) is 15.0 Å². The molecule has 1 heterocycles. The summed E-state index contributed by atoms with van der Waals surface area (Å²) in [7, 11) is 1.18. The number of nitrogens with one attached hydrogen (secondary N) is 2. The molecule has 0 aromatic carbocycles. The van der Waals surface area contributed by atoms with Gasteiger partial charge in [-0.25, -0.2) is 4.79 Å². The van der Waals surface area contributed by atoms with Crippen LogP contribution in [0.4, 0.5) is 0 Å². The molecule has 0 fully saturated rings. The lowest BCUT2D eigenvalue weighted by Crippen LogP contribution is -2.42. The third kappa shape index (κ3) is 4.75. The van der Waals surface area contributed by atoms with Gasteiger partial charge in [-0.3, -0.25) is 14.4 Å². The van der Waals surface area contributed by atoms with Gasteiger partial charge < -0.3 is 20.1 Å². The van der Waals surface area contributed by atoms with Crippen molar-refractivity contribution in [3.8, 4) is 0 Å². The fourth-order valence-electron chi connectivity index (χ4n) is 1.61. The predicted octanol–water partition coefficient (Wildman–Crippen LogP) is -0.180. The van der Waals surface area contributed by atoms with E-state index in [1.807, 2.05) is 0 Å². The van der Waals surface area contributed by atoms with Crippen LogP contribution in [0.25, 0.3) is 0 Å². The second kappa shape index (κ2) is 7.22. The smallest absolute Gasteiger partial charge is 0.326 e. The van der Waals surface area contributed by atoms with E-state index in [9.17, 15) is 19.2 Å². The molecule has 0 radical (unpaired) electrons. The molecule has 8 heteroatoms. The van der Waals surface area contributed by atoms with Crippen molar-refractivity contribution in [1.82, 2.24) is 10.3 Å². The van der Waals surface area contributed by atoms with E-state index in [4.69, 9.17) is 5.11 Å². The van der Waals surface area contributed by atoms with E-state index < -0.39 is 29.3 Å². The molecular weight excluding hydrogens is 280 g/mol. The molecule has 0 aliphatic carbocycles. The number of H-pyrrole nitrogens is 1. The number of pyridine rings is 1. The average molecular weight is 296 g/mol. The van der Waals surface area contributed by atoms with Crippen LogP contribution in [-0.4, -0.2) is 41.1 Å². The highest BCUT2D eigenvalue weighted by Gasteiger charge is 2.23. The quantitative estimate of drug-likeness (QED) is 0.625. The van der Waals surface area contributed by atoms with E-state index in [0.717, 1.165) is 0 Å². The molecule has 1 rings (SSSR count). The van der Waals surface area contributed by atoms with Crippen LogP contribution in [0.5, 0.6) is 0 Å². The molecule has 0 saturated carbocycles. The number of aromatic amines is 1. The predicted molar refractivity (Wildman–Crippen MR) is 71.9 cm³/mol. The summed E-state index contributed by atoms with van der Waals surface area (Å²) < 4.78 is 4.40. The minimum Gasteiger partial charge on any atom is -0.480 e. The maximum absolute atomic E-state index is 11.9. The van der Waals surface area contributed by atoms with Crippen LogP contribution >= 0.6 is 0 Å². The molecule has 114 valence electrons. The molecule has 1 amide bonds. The number of methoxy groups -OCH3 is 1. The highest BCUT2D eigenvalue weighted by Crippen LogP contribution is 2.01. The Bertz CT molecular complexity index is 607. The van der Waals surface area contributed by atoms with Crippen LogP contribution in [-0.2, 0) is 14.3 Å². The van der Waals surface area contributed by atoms with Gasteiger partial charge in [-0.15, -0.1) is 0 Å². The van der Waals surface area contributed by atoms with E-state index in [0.29, 0.717) is 5.69 Å². The van der Waals surface area contributed by atoms with Gasteiger partial charge in [0.05, 0.1) is 7.11 Å². The fourth-order valence-corrected chi connectivity index (χ4v) is 1.61. The summed E-state index contributed by atoms with van der Waals surface area (Å²) in [5.41, 5.74) is -0.122. The molecule has 1 atom stereocenters. The largest absolute Gasteiger partial charge is 0.480 e. The lowest BCUT2D eigenvalue weighted by molar-refractivity contribution is -0.142. The van der Waals surface area contributed by atoms with Gasteiger partial charge in [0.2, 0.25) is 0 Å². The number of rotatable bonds is 6. The van der Waals surface area contributed by atoms with Crippen molar-refractivity contribution in [1.29, 1.82) is 0 Å². The summed E-state index contributed by atoms with van der Waals surface area (Å²) in [5.74, 6) is -2.69. The van der Waals surface area contributed by atoms with Gasteiger partial charge in [0.25, 0.3) is 5.91 Å². The monoisotopic (exact) mass is 296 g/mol. The summed E-state index contributed by atoms with van der Waals surface area (Å²) in [6.07, 6.45) is 0.932. The van der Waals surface area contributed by atoms with Crippen LogP contribution < -0.4 is 10.7 Å². The first-order valence-corrected chi connectivity index (χ1v) is 6.15. The zero-order chi connectivity index (χ0) is 16.0. The zero-order valence-corrected chi connectivity index (χ0v) is 11.6. The van der Waals surface area contributed by atoms with Gasteiger partial charge >= 0.3 is 11.9 Å². The third-order valence-corrected chi connectivity index (χ3v) is 2.77. The van der Waals surface area contributed by atoms with E-state index in [1.54, 1.807) is 6.92 Å². The number of carbonyl (C=O) groups is 3. The van der Waals surface area contributed by atoms with Crippen molar-refractivity contribution in [2.45, 2.75) is 25.8 Å². The Balaban J connectivity index is 2.79. The number of hydrogen-bond donors (Lipinski definition) is 3. The molecule has 3 N–H and O–H groups in total. The van der Waals surface area contributed by atoms with Crippen molar-refractivity contribution in [3.05, 3.63) is 33.7 Å². The van der Waals surface area contributed by atoms with E-state index in [1.165, 1.54) is 19.4 Å². The van der Waals surface area contributed by atoms with Crippen LogP contribution in [0.1, 0.15) is 28.9 Å². The number of carbonyl (C=O) groups excluding carboxylic acids is 2. The first-order chi connectivity index (χ1) is 9.85. The zero-order valence-electron chi connectivity index (χ0n) is 11.6. The fraction of sp³-hybridized carbons (Fsp3) is 0.385. The van der Waals surface area contributed by atoms with Crippen LogP contribution in [0, 0.1) is 6.92 Å². The molecule has 0 bridgehead atoms. The van der Waals surface area contributed by atoms with Crippen molar-refractivity contribution in [3.63, 3.8) is 0 Å². The molecule has 1 aromatic heterocycles. The van der Waals surface area contributed by atoms with E-state index >= 15 is 0 Å². The Labute approximate surface area is 120 Å². The minimum absolute atomic E-state index is 0.127. The van der Waals surface area contributed by atoms with Crippen molar-refractivity contribution in [2.24, 2.45) is 0 Å². The maximum Gasteiger partial charge on any atom is 0.326 e. The summed E-state index contributed by atoms with van der Waals surface area (Å²) in [5, 5.41) is 11.2. The van der Waals surface area contributed by atoms with Gasteiger partial charge in [0.1, 0.15) is 11.6 Å². The lowest BCUT2D eigenvalue weighted by Gasteiger charge is -2.13. The maximum atomic E-state index is 11.9. The molecule has 1 unspecified atom stereocenters. The highest BCUT2D eigenvalue weighted by atomic mass is 16.5. The first-order valence-electron chi connectivity index (χ1n) is 6.15. The van der Waals surface area contributed by atoms with Gasteiger partial charge in [-0.1, -0.05) is 0 Å². The third-order valence-electron chi connectivity index (χ3n) is 2.77. The van der Waals surface area contributed by atoms with Crippen molar-refractivity contribution >= 4 is 17.8 Å². The van der Waals surface area contributed by atoms with Crippen LogP contribution in [0.3, 0.4) is 0 Å². The van der Waals surface area contributed by atoms with Gasteiger partial charge in [-0.05, 0) is 13.3 Å². The molecule has 8 nitrogen and oxygen atoms in total. The van der Waals surface area contributed by atoms with Crippen LogP contribution in [0.2, 0.25) is 0 Å². The normalized spacial score (nSPS) is 11.5. The molecule has 0 saturated heterocycles. The summed E-state index contributed by atoms with van der Waals surface area (Å²) in [6.45, 7) is 1.65. The van der Waals surface area contributed by atoms with Crippen molar-refractivity contribution < 1.29 is 24.2 Å². The summed E-state index contributed by atoms with van der Waals surface area (Å²) in [6, 6.07) is -0.0450. The number of aliphatic carboxylic acids is 1. The van der Waals surface area contributed by atoms with Crippen molar-refractivity contribution in [2.75, 3.05) is 7.11 Å². The average Bonchev–Trinajstić information content (AvgIpc) is 2.42. The minimum atomic E-state index is -1.30. The molecule has 0 spiro atoms. The number of ether oxygens (including phenoxy) is 1. The number of hydrogen-bond acceptors (Lipinski definition) is 5. The first kappa shape index (κ1) is 16.4. The Hall–Kier alpha value is -2.64.